The van der Waals surface area contributed by atoms with Crippen LogP contribution in [0.1, 0.15) is 24.0 Å². The van der Waals surface area contributed by atoms with E-state index in [1.807, 2.05) is 24.3 Å². The van der Waals surface area contributed by atoms with E-state index in [2.05, 4.69) is 17.5 Å². The lowest BCUT2D eigenvalue weighted by molar-refractivity contribution is 0.138. The largest absolute Gasteiger partial charge is 0.300 e. The summed E-state index contributed by atoms with van der Waals surface area (Å²) in [5.74, 6) is -2.11. The molecule has 0 bridgehead atoms. The molecule has 7 heteroatoms. The Hall–Kier alpha value is -2.09. The summed E-state index contributed by atoms with van der Waals surface area (Å²) in [6, 6.07) is 11.0. The summed E-state index contributed by atoms with van der Waals surface area (Å²) in [4.78, 5) is 1.42. The van der Waals surface area contributed by atoms with E-state index in [-0.39, 0.29) is 18.5 Å². The first-order chi connectivity index (χ1) is 13.9. The molecule has 2 heterocycles. The average molecular weight is 419 g/mol. The van der Waals surface area contributed by atoms with Crippen molar-refractivity contribution >= 4 is 10.0 Å². The second kappa shape index (κ2) is 7.63. The van der Waals surface area contributed by atoms with Gasteiger partial charge in [0, 0.05) is 25.0 Å². The molecule has 0 aliphatic carbocycles. The van der Waals surface area contributed by atoms with Gasteiger partial charge >= 0.3 is 0 Å². The van der Waals surface area contributed by atoms with Gasteiger partial charge in [-0.1, -0.05) is 36.4 Å². The minimum atomic E-state index is -4.31. The molecular weight excluding hydrogens is 394 g/mol. The molecule has 0 unspecified atom stereocenters. The third kappa shape index (κ3) is 3.52. The van der Waals surface area contributed by atoms with Gasteiger partial charge in [0.1, 0.15) is 11.6 Å². The van der Waals surface area contributed by atoms with Crippen molar-refractivity contribution in [3.63, 3.8) is 0 Å². The van der Waals surface area contributed by atoms with Gasteiger partial charge in [0.05, 0.1) is 0 Å². The molecule has 29 heavy (non-hydrogen) atoms. The van der Waals surface area contributed by atoms with Crippen molar-refractivity contribution in [2.24, 2.45) is 0 Å². The number of benzene rings is 2. The van der Waals surface area contributed by atoms with Crippen molar-refractivity contribution < 1.29 is 17.2 Å². The molecule has 0 atom stereocenters. The van der Waals surface area contributed by atoms with Crippen LogP contribution in [0.15, 0.2) is 60.0 Å². The predicted octanol–water partition coefficient (Wildman–Crippen LogP) is 3.69. The zero-order chi connectivity index (χ0) is 20.6. The minimum Gasteiger partial charge on any atom is -0.300 e. The fraction of sp³-hybridized carbons (Fsp3) is 0.364. The molecule has 1 fully saturated rings. The van der Waals surface area contributed by atoms with E-state index < -0.39 is 26.6 Å². The SMILES string of the molecule is C=CCN1CCC2(CC1)CN(S(=O)(=O)c1c(F)cccc1F)Cc1ccccc12. The van der Waals surface area contributed by atoms with Crippen LogP contribution in [-0.2, 0) is 22.0 Å². The van der Waals surface area contributed by atoms with E-state index in [1.54, 1.807) is 0 Å². The molecule has 0 radical (unpaired) electrons. The molecule has 2 aliphatic heterocycles. The molecule has 0 saturated carbocycles. The summed E-state index contributed by atoms with van der Waals surface area (Å²) >= 11 is 0. The van der Waals surface area contributed by atoms with Gasteiger partial charge in [0.25, 0.3) is 0 Å². The molecule has 2 aromatic carbocycles. The molecule has 1 spiro atoms. The van der Waals surface area contributed by atoms with E-state index in [9.17, 15) is 17.2 Å². The highest BCUT2D eigenvalue weighted by molar-refractivity contribution is 7.89. The number of nitrogens with zero attached hydrogens (tertiary/aromatic N) is 2. The Morgan fingerprint density at radius 2 is 1.69 bits per heavy atom. The summed E-state index contributed by atoms with van der Waals surface area (Å²) in [5, 5.41) is 0. The average Bonchev–Trinajstić information content (AvgIpc) is 2.70. The smallest absolute Gasteiger partial charge is 0.249 e. The maximum absolute atomic E-state index is 14.3. The Morgan fingerprint density at radius 1 is 1.03 bits per heavy atom. The monoisotopic (exact) mass is 418 g/mol. The third-order valence-electron chi connectivity index (χ3n) is 6.13. The molecular formula is C22H24F2N2O2S. The second-order valence-electron chi connectivity index (χ2n) is 7.85. The van der Waals surface area contributed by atoms with E-state index >= 15 is 0 Å². The summed E-state index contributed by atoms with van der Waals surface area (Å²) < 4.78 is 56.4. The highest BCUT2D eigenvalue weighted by Crippen LogP contribution is 2.43. The fourth-order valence-corrected chi connectivity index (χ4v) is 6.26. The normalized spacial score (nSPS) is 19.8. The van der Waals surface area contributed by atoms with Crippen LogP contribution in [0.3, 0.4) is 0 Å². The number of rotatable bonds is 4. The van der Waals surface area contributed by atoms with Gasteiger partial charge in [-0.2, -0.15) is 4.31 Å². The van der Waals surface area contributed by atoms with Crippen molar-refractivity contribution in [1.82, 2.24) is 9.21 Å². The Labute approximate surface area is 170 Å². The van der Waals surface area contributed by atoms with E-state index in [0.29, 0.717) is 0 Å². The maximum Gasteiger partial charge on any atom is 0.249 e. The highest BCUT2D eigenvalue weighted by atomic mass is 32.2. The van der Waals surface area contributed by atoms with Crippen LogP contribution < -0.4 is 0 Å². The molecule has 1 saturated heterocycles. The van der Waals surface area contributed by atoms with Crippen LogP contribution in [0, 0.1) is 11.6 Å². The number of piperidine rings is 1. The summed E-state index contributed by atoms with van der Waals surface area (Å²) in [7, 11) is -4.31. The lowest BCUT2D eigenvalue weighted by atomic mass is 9.69. The number of halogens is 2. The number of hydrogen-bond acceptors (Lipinski definition) is 3. The molecule has 154 valence electrons. The molecule has 2 aromatic rings. The van der Waals surface area contributed by atoms with Gasteiger partial charge in [-0.25, -0.2) is 17.2 Å². The van der Waals surface area contributed by atoms with Crippen LogP contribution >= 0.6 is 0 Å². The second-order valence-corrected chi connectivity index (χ2v) is 9.73. The molecule has 2 aliphatic rings. The third-order valence-corrected chi connectivity index (χ3v) is 7.98. The lowest BCUT2D eigenvalue weighted by Crippen LogP contribution is -2.53. The van der Waals surface area contributed by atoms with Gasteiger partial charge in [-0.05, 0) is 49.2 Å². The van der Waals surface area contributed by atoms with Crippen LogP contribution in [0.5, 0.6) is 0 Å². The summed E-state index contributed by atoms with van der Waals surface area (Å²) in [6.07, 6.45) is 3.43. The molecule has 0 N–H and O–H groups in total. The summed E-state index contributed by atoms with van der Waals surface area (Å²) in [6.45, 7) is 6.56. The van der Waals surface area contributed by atoms with Gasteiger partial charge < -0.3 is 0 Å². The van der Waals surface area contributed by atoms with Gasteiger partial charge in [-0.3, -0.25) is 4.90 Å². The lowest BCUT2D eigenvalue weighted by Gasteiger charge is -2.48. The van der Waals surface area contributed by atoms with Crippen molar-refractivity contribution in [3.8, 4) is 0 Å². The van der Waals surface area contributed by atoms with Crippen molar-refractivity contribution in [2.75, 3.05) is 26.2 Å². The zero-order valence-corrected chi connectivity index (χ0v) is 17.0. The fourth-order valence-electron chi connectivity index (χ4n) is 4.65. The Balaban J connectivity index is 1.74. The topological polar surface area (TPSA) is 40.6 Å². The first-order valence-corrected chi connectivity index (χ1v) is 11.2. The number of fused-ring (bicyclic) bond motifs is 2. The zero-order valence-electron chi connectivity index (χ0n) is 16.2. The predicted molar refractivity (Wildman–Crippen MR) is 108 cm³/mol. The molecule has 0 aromatic heterocycles. The molecule has 4 rings (SSSR count). The van der Waals surface area contributed by atoms with Gasteiger partial charge in [0.2, 0.25) is 10.0 Å². The number of sulfonamides is 1. The van der Waals surface area contributed by atoms with Crippen LogP contribution in [-0.4, -0.2) is 43.8 Å². The maximum atomic E-state index is 14.3. The Kier molecular flexibility index (Phi) is 5.31. The van der Waals surface area contributed by atoms with E-state index in [4.69, 9.17) is 0 Å². The van der Waals surface area contributed by atoms with E-state index in [0.717, 1.165) is 55.7 Å². The van der Waals surface area contributed by atoms with E-state index in [1.165, 1.54) is 10.4 Å². The standard InChI is InChI=1S/C22H24F2N2O2S/c1-2-12-25-13-10-22(11-14-25)16-26(15-17-6-3-4-7-18(17)22)29(27,28)21-19(23)8-5-9-20(21)24/h2-9H,1,10-16H2. The Morgan fingerprint density at radius 3 is 2.34 bits per heavy atom. The molecule has 4 nitrogen and oxygen atoms in total. The van der Waals surface area contributed by atoms with Gasteiger partial charge in [0.15, 0.2) is 4.90 Å². The van der Waals surface area contributed by atoms with Crippen LogP contribution in [0.2, 0.25) is 0 Å². The number of hydrogen-bond donors (Lipinski definition) is 0. The minimum absolute atomic E-state index is 0.115. The first kappa shape index (κ1) is 20.2. The number of likely N-dealkylation sites (tertiary alicyclic amines) is 1. The van der Waals surface area contributed by atoms with Gasteiger partial charge in [-0.15, -0.1) is 6.58 Å². The summed E-state index contributed by atoms with van der Waals surface area (Å²) in [5.41, 5.74) is 1.69. The quantitative estimate of drug-likeness (QED) is 0.711. The first-order valence-electron chi connectivity index (χ1n) is 9.73. The molecule has 0 amide bonds. The van der Waals surface area contributed by atoms with Crippen LogP contribution in [0.25, 0.3) is 0 Å². The Bertz CT molecular complexity index is 1010. The van der Waals surface area contributed by atoms with Crippen molar-refractivity contribution in [3.05, 3.63) is 77.9 Å². The highest BCUT2D eigenvalue weighted by Gasteiger charge is 2.45. The van der Waals surface area contributed by atoms with Crippen LogP contribution in [0.4, 0.5) is 8.78 Å². The van der Waals surface area contributed by atoms with Crippen molar-refractivity contribution in [2.45, 2.75) is 29.7 Å². The van der Waals surface area contributed by atoms with Crippen molar-refractivity contribution in [1.29, 1.82) is 0 Å².